The molecule has 4 nitrogen and oxygen atoms in total. The molecule has 1 N–H and O–H groups in total. The van der Waals surface area contributed by atoms with E-state index in [0.29, 0.717) is 19.5 Å². The Bertz CT molecular complexity index is 393. The lowest BCUT2D eigenvalue weighted by Crippen LogP contribution is -2.28. The minimum Gasteiger partial charge on any atom is -0.496 e. The highest BCUT2D eigenvalue weighted by atomic mass is 16.5. The van der Waals surface area contributed by atoms with E-state index in [1.807, 2.05) is 38.1 Å². The van der Waals surface area contributed by atoms with Gasteiger partial charge in [-0.25, -0.2) is 0 Å². The van der Waals surface area contributed by atoms with Crippen LogP contribution < -0.4 is 10.1 Å². The summed E-state index contributed by atoms with van der Waals surface area (Å²) in [6.45, 7) is 5.18. The number of hydrogen-bond donors (Lipinski definition) is 1. The molecule has 1 aromatic rings. The Morgan fingerprint density at radius 2 is 2.11 bits per heavy atom. The van der Waals surface area contributed by atoms with Crippen molar-refractivity contribution in [2.45, 2.75) is 39.3 Å². The summed E-state index contributed by atoms with van der Waals surface area (Å²) in [4.78, 5) is 11.3. The molecule has 0 aliphatic carbocycles. The van der Waals surface area contributed by atoms with Gasteiger partial charge in [-0.3, -0.25) is 4.79 Å². The van der Waals surface area contributed by atoms with Gasteiger partial charge in [0, 0.05) is 25.1 Å². The Labute approximate surface area is 115 Å². The molecule has 106 valence electrons. The van der Waals surface area contributed by atoms with Crippen LogP contribution in [-0.4, -0.2) is 25.7 Å². The molecule has 0 saturated carbocycles. The van der Waals surface area contributed by atoms with Crippen LogP contribution in [0.25, 0.3) is 0 Å². The summed E-state index contributed by atoms with van der Waals surface area (Å²) in [5.41, 5.74) is 1.09. The van der Waals surface area contributed by atoms with Crippen molar-refractivity contribution in [3.05, 3.63) is 29.8 Å². The van der Waals surface area contributed by atoms with Crippen molar-refractivity contribution in [3.8, 4) is 5.75 Å². The number of ether oxygens (including phenoxy) is 2. The molecule has 0 heterocycles. The van der Waals surface area contributed by atoms with Gasteiger partial charge in [0.15, 0.2) is 0 Å². The molecule has 1 aromatic carbocycles. The van der Waals surface area contributed by atoms with Crippen LogP contribution in [0, 0.1) is 0 Å². The van der Waals surface area contributed by atoms with Crippen LogP contribution in [0.2, 0.25) is 0 Å². The number of para-hydroxylation sites is 1. The van der Waals surface area contributed by atoms with Crippen molar-refractivity contribution in [1.82, 2.24) is 5.32 Å². The van der Waals surface area contributed by atoms with Gasteiger partial charge in [-0.05, 0) is 19.4 Å². The lowest BCUT2D eigenvalue weighted by molar-refractivity contribution is -0.148. The van der Waals surface area contributed by atoms with Crippen LogP contribution in [0.3, 0.4) is 0 Å². The van der Waals surface area contributed by atoms with Crippen molar-refractivity contribution in [2.75, 3.05) is 13.7 Å². The quantitative estimate of drug-likeness (QED) is 0.734. The lowest BCUT2D eigenvalue weighted by Gasteiger charge is -2.15. The zero-order valence-electron chi connectivity index (χ0n) is 11.9. The molecule has 0 aliphatic heterocycles. The highest BCUT2D eigenvalue weighted by molar-refractivity contribution is 5.69. The Morgan fingerprint density at radius 1 is 1.37 bits per heavy atom. The molecular weight excluding hydrogens is 242 g/mol. The summed E-state index contributed by atoms with van der Waals surface area (Å²) in [5.74, 6) is 0.736. The number of benzene rings is 1. The first-order valence-corrected chi connectivity index (χ1v) is 6.69. The number of carbonyl (C=O) groups excluding carboxylic acids is 1. The molecule has 0 spiro atoms. The van der Waals surface area contributed by atoms with Crippen molar-refractivity contribution in [3.63, 3.8) is 0 Å². The molecule has 0 amide bonds. The van der Waals surface area contributed by atoms with Crippen molar-refractivity contribution < 1.29 is 14.3 Å². The van der Waals surface area contributed by atoms with Crippen LogP contribution in [0.4, 0.5) is 0 Å². The molecule has 1 unspecified atom stereocenters. The highest BCUT2D eigenvalue weighted by Crippen LogP contribution is 2.16. The maximum atomic E-state index is 11.3. The molecule has 0 radical (unpaired) electrons. The van der Waals surface area contributed by atoms with Gasteiger partial charge in [0.2, 0.25) is 0 Å². The fourth-order valence-electron chi connectivity index (χ4n) is 1.79. The normalized spacial score (nSPS) is 11.9. The van der Waals surface area contributed by atoms with Crippen LogP contribution in [0.5, 0.6) is 5.75 Å². The molecule has 4 heteroatoms. The smallest absolute Gasteiger partial charge is 0.306 e. The molecule has 0 saturated heterocycles. The predicted molar refractivity (Wildman–Crippen MR) is 75.2 cm³/mol. The second-order valence-electron chi connectivity index (χ2n) is 4.49. The minimum absolute atomic E-state index is 0.117. The third kappa shape index (κ3) is 5.75. The van der Waals surface area contributed by atoms with Gasteiger partial charge in [0.05, 0.1) is 7.11 Å². The zero-order chi connectivity index (χ0) is 14.1. The average molecular weight is 265 g/mol. The first kappa shape index (κ1) is 15.5. The third-order valence-corrected chi connectivity index (χ3v) is 2.73. The van der Waals surface area contributed by atoms with Crippen LogP contribution in [0.15, 0.2) is 24.3 Å². The van der Waals surface area contributed by atoms with E-state index >= 15 is 0 Å². The monoisotopic (exact) mass is 265 g/mol. The molecule has 0 aromatic heterocycles. The summed E-state index contributed by atoms with van der Waals surface area (Å²) in [6.07, 6.45) is 1.19. The van der Waals surface area contributed by atoms with Gasteiger partial charge in [-0.1, -0.05) is 25.1 Å². The first-order valence-electron chi connectivity index (χ1n) is 6.69. The Hall–Kier alpha value is -1.55. The van der Waals surface area contributed by atoms with Gasteiger partial charge in [-0.2, -0.15) is 0 Å². The van der Waals surface area contributed by atoms with E-state index in [0.717, 1.165) is 17.7 Å². The molecule has 0 fully saturated rings. The predicted octanol–water partition coefficient (Wildman–Crippen LogP) is 2.52. The van der Waals surface area contributed by atoms with E-state index in [1.165, 1.54) is 0 Å². The van der Waals surface area contributed by atoms with Crippen LogP contribution in [0.1, 0.15) is 32.3 Å². The fraction of sp³-hybridized carbons (Fsp3) is 0.533. The van der Waals surface area contributed by atoms with Gasteiger partial charge in [0.25, 0.3) is 0 Å². The van der Waals surface area contributed by atoms with Crippen molar-refractivity contribution >= 4 is 5.97 Å². The van der Waals surface area contributed by atoms with Gasteiger partial charge in [-0.15, -0.1) is 0 Å². The Balaban J connectivity index is 2.31. The van der Waals surface area contributed by atoms with E-state index in [9.17, 15) is 4.79 Å². The summed E-state index contributed by atoms with van der Waals surface area (Å²) in [6, 6.07) is 7.86. The summed E-state index contributed by atoms with van der Waals surface area (Å²) >= 11 is 0. The van der Waals surface area contributed by atoms with E-state index in [4.69, 9.17) is 9.47 Å². The SMILES string of the molecule is CCCC(=O)OC(C)CNCc1ccccc1OC. The number of carbonyl (C=O) groups is 1. The number of rotatable bonds is 8. The molecule has 19 heavy (non-hydrogen) atoms. The topological polar surface area (TPSA) is 47.6 Å². The minimum atomic E-state index is -0.130. The maximum Gasteiger partial charge on any atom is 0.306 e. The lowest BCUT2D eigenvalue weighted by atomic mass is 10.2. The van der Waals surface area contributed by atoms with Gasteiger partial charge >= 0.3 is 5.97 Å². The summed E-state index contributed by atoms with van der Waals surface area (Å²) in [7, 11) is 1.66. The number of methoxy groups -OCH3 is 1. The molecule has 1 atom stereocenters. The summed E-state index contributed by atoms with van der Waals surface area (Å²) in [5, 5.41) is 3.27. The standard InChI is InChI=1S/C15H23NO3/c1-4-7-15(17)19-12(2)10-16-11-13-8-5-6-9-14(13)18-3/h5-6,8-9,12,16H,4,7,10-11H2,1-3H3. The summed E-state index contributed by atoms with van der Waals surface area (Å²) < 4.78 is 10.5. The Kier molecular flexibility index (Phi) is 6.97. The van der Waals surface area contributed by atoms with E-state index in [-0.39, 0.29) is 12.1 Å². The second-order valence-corrected chi connectivity index (χ2v) is 4.49. The number of nitrogens with one attached hydrogen (secondary N) is 1. The first-order chi connectivity index (χ1) is 9.17. The molecule has 0 bridgehead atoms. The zero-order valence-corrected chi connectivity index (χ0v) is 11.9. The van der Waals surface area contributed by atoms with E-state index in [1.54, 1.807) is 7.11 Å². The van der Waals surface area contributed by atoms with E-state index in [2.05, 4.69) is 5.32 Å². The molecule has 0 aliphatic rings. The largest absolute Gasteiger partial charge is 0.496 e. The number of hydrogen-bond acceptors (Lipinski definition) is 4. The highest BCUT2D eigenvalue weighted by Gasteiger charge is 2.08. The van der Waals surface area contributed by atoms with Crippen LogP contribution >= 0.6 is 0 Å². The fourth-order valence-corrected chi connectivity index (χ4v) is 1.79. The van der Waals surface area contributed by atoms with Gasteiger partial charge < -0.3 is 14.8 Å². The van der Waals surface area contributed by atoms with Gasteiger partial charge in [0.1, 0.15) is 11.9 Å². The third-order valence-electron chi connectivity index (χ3n) is 2.73. The van der Waals surface area contributed by atoms with Crippen LogP contribution in [-0.2, 0) is 16.1 Å². The van der Waals surface area contributed by atoms with E-state index < -0.39 is 0 Å². The van der Waals surface area contributed by atoms with Crippen molar-refractivity contribution in [2.24, 2.45) is 0 Å². The molecular formula is C15H23NO3. The average Bonchev–Trinajstić information content (AvgIpc) is 2.39. The molecule has 1 rings (SSSR count). The maximum absolute atomic E-state index is 11.3. The second kappa shape index (κ2) is 8.53. The van der Waals surface area contributed by atoms with Crippen molar-refractivity contribution in [1.29, 1.82) is 0 Å². The Morgan fingerprint density at radius 3 is 2.79 bits per heavy atom. The number of esters is 1.